The summed E-state index contributed by atoms with van der Waals surface area (Å²) in [6.45, 7) is -0.140. The van der Waals surface area contributed by atoms with E-state index in [1.165, 1.54) is 0 Å². The van der Waals surface area contributed by atoms with Gasteiger partial charge in [-0.2, -0.15) is 0 Å². The van der Waals surface area contributed by atoms with E-state index in [1.54, 1.807) is 35.6 Å². The van der Waals surface area contributed by atoms with Crippen LogP contribution in [0.15, 0.2) is 71.2 Å². The predicted molar refractivity (Wildman–Crippen MR) is 118 cm³/mol. The number of thiazole rings is 1. The summed E-state index contributed by atoms with van der Waals surface area (Å²) in [7, 11) is 0. The second-order valence-corrected chi connectivity index (χ2v) is 8.30. The van der Waals surface area contributed by atoms with Crippen LogP contribution < -0.4 is 10.1 Å². The van der Waals surface area contributed by atoms with Crippen molar-refractivity contribution >= 4 is 60.7 Å². The van der Waals surface area contributed by atoms with Crippen LogP contribution in [0.25, 0.3) is 20.8 Å². The molecule has 3 aromatic carbocycles. The summed E-state index contributed by atoms with van der Waals surface area (Å²) >= 11 is 11.1. The van der Waals surface area contributed by atoms with E-state index in [2.05, 4.69) is 21.2 Å². The number of hydrogen-bond donors (Lipinski definition) is 1. The number of hydrogen-bond acceptors (Lipinski definition) is 4. The maximum absolute atomic E-state index is 12.4. The number of anilines is 1. The third kappa shape index (κ3) is 4.19. The Balaban J connectivity index is 1.56. The van der Waals surface area contributed by atoms with Gasteiger partial charge in [-0.1, -0.05) is 51.8 Å². The van der Waals surface area contributed by atoms with Crippen LogP contribution in [0.3, 0.4) is 0 Å². The monoisotopic (exact) mass is 472 g/mol. The zero-order valence-corrected chi connectivity index (χ0v) is 17.6. The highest BCUT2D eigenvalue weighted by molar-refractivity contribution is 9.10. The highest BCUT2D eigenvalue weighted by atomic mass is 79.9. The van der Waals surface area contributed by atoms with E-state index in [0.717, 1.165) is 25.3 Å². The lowest BCUT2D eigenvalue weighted by Gasteiger charge is -2.11. The van der Waals surface area contributed by atoms with Crippen LogP contribution in [0.5, 0.6) is 5.75 Å². The van der Waals surface area contributed by atoms with E-state index < -0.39 is 0 Å². The number of fused-ring (bicyclic) bond motifs is 1. The summed E-state index contributed by atoms with van der Waals surface area (Å²) in [4.78, 5) is 17.1. The van der Waals surface area contributed by atoms with Crippen molar-refractivity contribution in [2.45, 2.75) is 0 Å². The second kappa shape index (κ2) is 8.31. The van der Waals surface area contributed by atoms with E-state index >= 15 is 0 Å². The van der Waals surface area contributed by atoms with Gasteiger partial charge in [0.05, 0.1) is 20.9 Å². The van der Waals surface area contributed by atoms with Crippen molar-refractivity contribution in [3.63, 3.8) is 0 Å². The van der Waals surface area contributed by atoms with E-state index in [0.29, 0.717) is 16.5 Å². The molecule has 0 atom stereocenters. The van der Waals surface area contributed by atoms with Gasteiger partial charge in [-0.15, -0.1) is 11.3 Å². The zero-order valence-electron chi connectivity index (χ0n) is 14.5. The van der Waals surface area contributed by atoms with E-state index in [9.17, 15) is 4.79 Å². The molecule has 140 valence electrons. The lowest BCUT2D eigenvalue weighted by Crippen LogP contribution is -2.20. The number of ether oxygens (including phenoxy) is 1. The smallest absolute Gasteiger partial charge is 0.262 e. The number of carbonyl (C=O) groups is 1. The van der Waals surface area contributed by atoms with Crippen molar-refractivity contribution in [3.8, 4) is 16.3 Å². The Morgan fingerprint density at radius 2 is 1.89 bits per heavy atom. The number of para-hydroxylation sites is 2. The summed E-state index contributed by atoms with van der Waals surface area (Å²) in [6.07, 6.45) is 0. The van der Waals surface area contributed by atoms with Crippen molar-refractivity contribution in [3.05, 3.63) is 76.2 Å². The average Bonchev–Trinajstić information content (AvgIpc) is 3.13. The Hall–Kier alpha value is -2.41. The quantitative estimate of drug-likeness (QED) is 0.365. The minimum absolute atomic E-state index is 0.140. The molecule has 0 fully saturated rings. The summed E-state index contributed by atoms with van der Waals surface area (Å²) in [6, 6.07) is 20.7. The molecular weight excluding hydrogens is 460 g/mol. The number of aromatic nitrogens is 1. The van der Waals surface area contributed by atoms with Crippen molar-refractivity contribution in [1.82, 2.24) is 4.98 Å². The molecule has 7 heteroatoms. The summed E-state index contributed by atoms with van der Waals surface area (Å²) < 4.78 is 7.53. The molecule has 4 aromatic rings. The number of halogens is 2. The Bertz CT molecular complexity index is 1130. The van der Waals surface area contributed by atoms with Crippen molar-refractivity contribution in [1.29, 1.82) is 0 Å². The molecule has 0 aliphatic carbocycles. The Morgan fingerprint density at radius 1 is 1.11 bits per heavy atom. The molecule has 0 aliphatic rings. The number of amides is 1. The molecule has 0 saturated heterocycles. The number of benzene rings is 3. The fraction of sp³-hybridized carbons (Fsp3) is 0.0476. The first-order valence-corrected chi connectivity index (χ1v) is 10.4. The van der Waals surface area contributed by atoms with Crippen LogP contribution in [0.2, 0.25) is 5.02 Å². The van der Waals surface area contributed by atoms with Crippen LogP contribution in [-0.4, -0.2) is 17.5 Å². The zero-order chi connectivity index (χ0) is 19.5. The Labute approximate surface area is 179 Å². The van der Waals surface area contributed by atoms with Gasteiger partial charge >= 0.3 is 0 Å². The maximum atomic E-state index is 12.4. The van der Waals surface area contributed by atoms with Gasteiger partial charge in [-0.05, 0) is 42.5 Å². The van der Waals surface area contributed by atoms with Gasteiger partial charge in [-0.3, -0.25) is 4.79 Å². The third-order valence-electron chi connectivity index (χ3n) is 3.98. The number of nitrogens with one attached hydrogen (secondary N) is 1. The topological polar surface area (TPSA) is 51.2 Å². The largest absolute Gasteiger partial charge is 0.482 e. The van der Waals surface area contributed by atoms with Crippen LogP contribution >= 0.6 is 38.9 Å². The highest BCUT2D eigenvalue weighted by Gasteiger charge is 2.14. The molecule has 0 bridgehead atoms. The molecule has 0 unspecified atom stereocenters. The lowest BCUT2D eigenvalue weighted by atomic mass is 10.2. The first-order valence-electron chi connectivity index (χ1n) is 8.43. The van der Waals surface area contributed by atoms with Crippen molar-refractivity contribution in [2.24, 2.45) is 0 Å². The molecule has 1 N–H and O–H groups in total. The highest BCUT2D eigenvalue weighted by Crippen LogP contribution is 2.36. The first-order chi connectivity index (χ1) is 13.6. The van der Waals surface area contributed by atoms with Crippen LogP contribution in [0.4, 0.5) is 5.69 Å². The molecule has 1 heterocycles. The van der Waals surface area contributed by atoms with Gasteiger partial charge in [0, 0.05) is 10.0 Å². The van der Waals surface area contributed by atoms with E-state index in [4.69, 9.17) is 21.3 Å². The fourth-order valence-electron chi connectivity index (χ4n) is 2.68. The summed E-state index contributed by atoms with van der Waals surface area (Å²) in [5.41, 5.74) is 2.46. The van der Waals surface area contributed by atoms with Gasteiger partial charge in [0.25, 0.3) is 5.91 Å². The van der Waals surface area contributed by atoms with Gasteiger partial charge < -0.3 is 10.1 Å². The molecule has 1 aromatic heterocycles. The summed E-state index contributed by atoms with van der Waals surface area (Å²) in [5, 5.41) is 4.21. The molecular formula is C21H14BrClN2O2S. The molecule has 28 heavy (non-hydrogen) atoms. The molecule has 4 nitrogen and oxygen atoms in total. The Morgan fingerprint density at radius 3 is 2.71 bits per heavy atom. The molecule has 0 aliphatic heterocycles. The minimum Gasteiger partial charge on any atom is -0.482 e. The number of rotatable bonds is 5. The lowest BCUT2D eigenvalue weighted by molar-refractivity contribution is -0.118. The number of carbonyl (C=O) groups excluding carboxylic acids is 1. The van der Waals surface area contributed by atoms with Gasteiger partial charge in [0.1, 0.15) is 10.8 Å². The standard InChI is InChI=1S/C21H14BrClN2O2S/c22-13-9-10-16(24-20(26)12-27-18-7-3-1-5-15(18)23)14(11-13)21-25-17-6-2-4-8-19(17)28-21/h1-11H,12H2,(H,24,26). The molecule has 4 rings (SSSR count). The maximum Gasteiger partial charge on any atom is 0.262 e. The molecule has 0 radical (unpaired) electrons. The van der Waals surface area contributed by atoms with Crippen LogP contribution in [0.1, 0.15) is 0 Å². The fourth-order valence-corrected chi connectivity index (χ4v) is 4.23. The van der Waals surface area contributed by atoms with Crippen molar-refractivity contribution in [2.75, 3.05) is 11.9 Å². The van der Waals surface area contributed by atoms with E-state index in [-0.39, 0.29) is 12.5 Å². The van der Waals surface area contributed by atoms with Crippen molar-refractivity contribution < 1.29 is 9.53 Å². The molecule has 0 spiro atoms. The SMILES string of the molecule is O=C(COc1ccccc1Cl)Nc1ccc(Br)cc1-c1nc2ccccc2s1. The third-order valence-corrected chi connectivity index (χ3v) is 5.85. The van der Waals surface area contributed by atoms with E-state index in [1.807, 2.05) is 42.5 Å². The van der Waals surface area contributed by atoms with Crippen LogP contribution in [-0.2, 0) is 4.79 Å². The van der Waals surface area contributed by atoms with Gasteiger partial charge in [0.15, 0.2) is 6.61 Å². The van der Waals surface area contributed by atoms with Crippen LogP contribution in [0, 0.1) is 0 Å². The van der Waals surface area contributed by atoms with Gasteiger partial charge in [0.2, 0.25) is 0 Å². The Kier molecular flexibility index (Phi) is 5.62. The molecule has 1 amide bonds. The molecule has 0 saturated carbocycles. The predicted octanol–water partition coefficient (Wildman–Crippen LogP) is 6.40. The average molecular weight is 474 g/mol. The first kappa shape index (κ1) is 18.9. The second-order valence-electron chi connectivity index (χ2n) is 5.94. The normalized spacial score (nSPS) is 10.8. The summed E-state index contributed by atoms with van der Waals surface area (Å²) in [5.74, 6) is 0.200. The number of nitrogens with zero attached hydrogens (tertiary/aromatic N) is 1. The van der Waals surface area contributed by atoms with Gasteiger partial charge in [-0.25, -0.2) is 4.98 Å². The minimum atomic E-state index is -0.274.